The first-order chi connectivity index (χ1) is 15.1. The van der Waals surface area contributed by atoms with Gasteiger partial charge in [-0.2, -0.15) is 0 Å². The van der Waals surface area contributed by atoms with Gasteiger partial charge in [0.15, 0.2) is 0 Å². The van der Waals surface area contributed by atoms with Gasteiger partial charge in [-0.3, -0.25) is 14.9 Å². The fourth-order valence-electron chi connectivity index (χ4n) is 4.07. The second kappa shape index (κ2) is 11.1. The number of ether oxygens (including phenoxy) is 1. The van der Waals surface area contributed by atoms with Crippen LogP contribution in [0.25, 0.3) is 0 Å². The first-order valence-electron chi connectivity index (χ1n) is 11.3. The van der Waals surface area contributed by atoms with E-state index in [0.29, 0.717) is 17.9 Å². The molecule has 32 heavy (non-hydrogen) atoms. The van der Waals surface area contributed by atoms with Crippen LogP contribution >= 0.6 is 0 Å². The zero-order valence-electron chi connectivity index (χ0n) is 19.7. The van der Waals surface area contributed by atoms with Crippen molar-refractivity contribution in [3.8, 4) is 0 Å². The number of esters is 1. The van der Waals surface area contributed by atoms with Gasteiger partial charge in [0.2, 0.25) is 5.91 Å². The van der Waals surface area contributed by atoms with E-state index < -0.39 is 22.3 Å². The van der Waals surface area contributed by atoms with Crippen LogP contribution in [0.2, 0.25) is 0 Å². The molecule has 176 valence electrons. The van der Waals surface area contributed by atoms with Crippen molar-refractivity contribution in [2.75, 3.05) is 6.61 Å². The van der Waals surface area contributed by atoms with Gasteiger partial charge in [0.05, 0.1) is 28.6 Å². The van der Waals surface area contributed by atoms with E-state index in [1.807, 2.05) is 20.8 Å². The number of hydrogen-bond donors (Lipinski definition) is 2. The fourth-order valence-corrected chi connectivity index (χ4v) is 4.07. The molecule has 0 saturated carbocycles. The van der Waals surface area contributed by atoms with Crippen molar-refractivity contribution in [1.82, 2.24) is 10.6 Å². The van der Waals surface area contributed by atoms with Gasteiger partial charge in [0.1, 0.15) is 0 Å². The summed E-state index contributed by atoms with van der Waals surface area (Å²) in [5, 5.41) is 17.3. The zero-order valence-corrected chi connectivity index (χ0v) is 19.7. The highest BCUT2D eigenvalue weighted by Crippen LogP contribution is 2.40. The largest absolute Gasteiger partial charge is 0.462 e. The van der Waals surface area contributed by atoms with Crippen LogP contribution < -0.4 is 10.6 Å². The van der Waals surface area contributed by atoms with Crippen molar-refractivity contribution < 1.29 is 19.2 Å². The Hall–Kier alpha value is -2.90. The van der Waals surface area contributed by atoms with Gasteiger partial charge in [0, 0.05) is 23.9 Å². The van der Waals surface area contributed by atoms with E-state index in [0.717, 1.165) is 31.2 Å². The lowest BCUT2D eigenvalue weighted by Crippen LogP contribution is -2.55. The number of nitrogens with one attached hydrogen (secondary N) is 2. The number of nitrogens with zero attached hydrogens (tertiary/aromatic N) is 1. The molecule has 0 aromatic heterocycles. The van der Waals surface area contributed by atoms with Gasteiger partial charge in [0.25, 0.3) is 5.69 Å². The molecular formula is C24H35N3O5. The van der Waals surface area contributed by atoms with Crippen molar-refractivity contribution in [1.29, 1.82) is 0 Å². The molecule has 1 heterocycles. The number of nitro groups is 1. The van der Waals surface area contributed by atoms with Gasteiger partial charge in [-0.15, -0.1) is 0 Å². The monoisotopic (exact) mass is 445 g/mol. The van der Waals surface area contributed by atoms with Crippen LogP contribution in [0.3, 0.4) is 0 Å². The van der Waals surface area contributed by atoms with Crippen LogP contribution in [-0.2, 0) is 19.9 Å². The topological polar surface area (TPSA) is 111 Å². The Morgan fingerprint density at radius 1 is 1.25 bits per heavy atom. The molecule has 2 rings (SSSR count). The molecular weight excluding hydrogens is 410 g/mol. The molecule has 0 radical (unpaired) electrons. The molecule has 2 N–H and O–H groups in total. The number of hydrogen-bond acceptors (Lipinski definition) is 6. The van der Waals surface area contributed by atoms with E-state index in [1.54, 1.807) is 19.1 Å². The number of benzene rings is 1. The highest BCUT2D eigenvalue weighted by molar-refractivity contribution is 5.92. The lowest BCUT2D eigenvalue weighted by atomic mass is 9.72. The summed E-state index contributed by atoms with van der Waals surface area (Å²) in [6, 6.07) is 6.11. The minimum Gasteiger partial charge on any atom is -0.462 e. The highest BCUT2D eigenvalue weighted by Gasteiger charge is 2.45. The second-order valence-electron chi connectivity index (χ2n) is 8.85. The van der Waals surface area contributed by atoms with E-state index in [1.165, 1.54) is 12.1 Å². The first-order valence-corrected chi connectivity index (χ1v) is 11.3. The summed E-state index contributed by atoms with van der Waals surface area (Å²) in [6.45, 7) is 9.92. The summed E-state index contributed by atoms with van der Waals surface area (Å²) in [6.07, 6.45) is 4.26. The molecule has 1 aliphatic heterocycles. The van der Waals surface area contributed by atoms with Crippen molar-refractivity contribution in [3.05, 3.63) is 51.2 Å². The van der Waals surface area contributed by atoms with Crippen LogP contribution in [0.4, 0.5) is 5.69 Å². The molecule has 8 nitrogen and oxygen atoms in total. The zero-order chi connectivity index (χ0) is 23.9. The van der Waals surface area contributed by atoms with Crippen LogP contribution in [0.15, 0.2) is 35.5 Å². The van der Waals surface area contributed by atoms with Gasteiger partial charge in [-0.25, -0.2) is 4.79 Å². The van der Waals surface area contributed by atoms with Gasteiger partial charge >= 0.3 is 5.97 Å². The van der Waals surface area contributed by atoms with E-state index in [-0.39, 0.29) is 24.1 Å². The summed E-state index contributed by atoms with van der Waals surface area (Å²) in [7, 11) is 0. The van der Waals surface area contributed by atoms with Crippen LogP contribution in [-0.4, -0.2) is 29.4 Å². The first kappa shape index (κ1) is 25.4. The number of rotatable bonds is 10. The standard InChI is InChI=1S/C24H35N3O5/c1-6-7-8-9-14-32-23(29)20-15-21(22(28)25-16(2)3)24(5,26-17(20)4)18-10-12-19(13-11-18)27(30)31/h10-13,16,21,26H,6-9,14-15H2,1-5H3,(H,25,28). The number of carbonyl (C=O) groups is 2. The summed E-state index contributed by atoms with van der Waals surface area (Å²) >= 11 is 0. The third kappa shape index (κ3) is 6.08. The number of unbranched alkanes of at least 4 members (excludes halogenated alkanes) is 3. The van der Waals surface area contributed by atoms with E-state index in [9.17, 15) is 19.7 Å². The maximum Gasteiger partial charge on any atom is 0.335 e. The van der Waals surface area contributed by atoms with Crippen molar-refractivity contribution in [3.63, 3.8) is 0 Å². The summed E-state index contributed by atoms with van der Waals surface area (Å²) in [4.78, 5) is 36.5. The predicted molar refractivity (Wildman–Crippen MR) is 123 cm³/mol. The smallest absolute Gasteiger partial charge is 0.335 e. The van der Waals surface area contributed by atoms with Gasteiger partial charge in [-0.1, -0.05) is 26.2 Å². The molecule has 0 aliphatic carbocycles. The quantitative estimate of drug-likeness (QED) is 0.240. The minimum absolute atomic E-state index is 0.0176. The summed E-state index contributed by atoms with van der Waals surface area (Å²) in [5.41, 5.74) is 0.986. The molecule has 8 heteroatoms. The third-order valence-electron chi connectivity index (χ3n) is 5.91. The molecule has 0 saturated heterocycles. The van der Waals surface area contributed by atoms with Crippen molar-refractivity contribution in [2.45, 2.75) is 78.3 Å². The van der Waals surface area contributed by atoms with E-state index in [2.05, 4.69) is 17.6 Å². The van der Waals surface area contributed by atoms with Gasteiger partial charge < -0.3 is 15.4 Å². The number of nitro benzene ring substituents is 1. The molecule has 0 bridgehead atoms. The molecule has 1 aromatic carbocycles. The third-order valence-corrected chi connectivity index (χ3v) is 5.91. The number of amides is 1. The molecule has 2 unspecified atom stereocenters. The normalized spacial score (nSPS) is 20.6. The summed E-state index contributed by atoms with van der Waals surface area (Å²) < 4.78 is 5.48. The lowest BCUT2D eigenvalue weighted by molar-refractivity contribution is -0.384. The van der Waals surface area contributed by atoms with E-state index >= 15 is 0 Å². The highest BCUT2D eigenvalue weighted by atomic mass is 16.6. The Morgan fingerprint density at radius 3 is 2.47 bits per heavy atom. The maximum atomic E-state index is 13.1. The molecule has 2 atom stereocenters. The maximum absolute atomic E-state index is 13.1. The fraction of sp³-hybridized carbons (Fsp3) is 0.583. The second-order valence-corrected chi connectivity index (χ2v) is 8.85. The molecule has 0 spiro atoms. The number of allylic oxidation sites excluding steroid dienone is 1. The van der Waals surface area contributed by atoms with Crippen molar-refractivity contribution in [2.24, 2.45) is 5.92 Å². The predicted octanol–water partition coefficient (Wildman–Crippen LogP) is 4.34. The Labute approximate surface area is 189 Å². The van der Waals surface area contributed by atoms with Crippen LogP contribution in [0.1, 0.15) is 72.3 Å². The van der Waals surface area contributed by atoms with Crippen LogP contribution in [0.5, 0.6) is 0 Å². The Kier molecular flexibility index (Phi) is 8.80. The average Bonchev–Trinajstić information content (AvgIpc) is 2.73. The molecule has 1 aromatic rings. The molecule has 1 amide bonds. The number of carbonyl (C=O) groups excluding carboxylic acids is 2. The average molecular weight is 446 g/mol. The molecule has 1 aliphatic rings. The Morgan fingerprint density at radius 2 is 1.91 bits per heavy atom. The van der Waals surface area contributed by atoms with E-state index in [4.69, 9.17) is 4.74 Å². The van der Waals surface area contributed by atoms with Gasteiger partial charge in [-0.05, 0) is 58.2 Å². The summed E-state index contributed by atoms with van der Waals surface area (Å²) in [5.74, 6) is -1.19. The van der Waals surface area contributed by atoms with Crippen molar-refractivity contribution >= 4 is 17.6 Å². The minimum atomic E-state index is -0.844. The Bertz CT molecular complexity index is 863. The Balaban J connectivity index is 2.32. The molecule has 0 fully saturated rings. The SMILES string of the molecule is CCCCCCOC(=O)C1=C(C)NC(C)(c2ccc([N+](=O)[O-])cc2)C(C(=O)NC(C)C)C1. The van der Waals surface area contributed by atoms with Crippen LogP contribution in [0, 0.1) is 16.0 Å². The lowest BCUT2D eigenvalue weighted by Gasteiger charge is -2.43. The number of non-ortho nitro benzene ring substituents is 1.